The molecule has 1 aliphatic heterocycles. The van der Waals surface area contributed by atoms with E-state index in [2.05, 4.69) is 23.5 Å². The van der Waals surface area contributed by atoms with Gasteiger partial charge in [0.1, 0.15) is 5.82 Å². The molecule has 1 heterocycles. The molecule has 0 saturated carbocycles. The molecular formula is C17H27FN2O3S. The van der Waals surface area contributed by atoms with E-state index in [1.54, 1.807) is 6.92 Å². The summed E-state index contributed by atoms with van der Waals surface area (Å²) in [6.45, 7) is 9.15. The number of nitrogens with zero attached hydrogens (tertiary/aromatic N) is 1. The Bertz CT molecular complexity index is 643. The van der Waals surface area contributed by atoms with Crippen molar-refractivity contribution in [2.75, 3.05) is 32.8 Å². The zero-order chi connectivity index (χ0) is 17.7. The van der Waals surface area contributed by atoms with E-state index >= 15 is 0 Å². The molecule has 1 atom stereocenters. The van der Waals surface area contributed by atoms with Gasteiger partial charge in [0, 0.05) is 25.7 Å². The Balaban J connectivity index is 2.07. The summed E-state index contributed by atoms with van der Waals surface area (Å²) in [4.78, 5) is 2.38. The molecule has 0 amide bonds. The molecular weight excluding hydrogens is 331 g/mol. The van der Waals surface area contributed by atoms with E-state index in [0.717, 1.165) is 19.5 Å². The maximum absolute atomic E-state index is 13.4. The minimum atomic E-state index is -3.64. The Hall–Kier alpha value is -1.02. The highest BCUT2D eigenvalue weighted by Crippen LogP contribution is 2.16. The van der Waals surface area contributed by atoms with Crippen molar-refractivity contribution < 1.29 is 17.5 Å². The fraction of sp³-hybridized carbons (Fsp3) is 0.647. The van der Waals surface area contributed by atoms with Crippen LogP contribution in [0.1, 0.15) is 25.8 Å². The van der Waals surface area contributed by atoms with E-state index in [1.165, 1.54) is 18.2 Å². The highest BCUT2D eigenvalue weighted by molar-refractivity contribution is 7.89. The van der Waals surface area contributed by atoms with Crippen LogP contribution in [-0.4, -0.2) is 52.2 Å². The molecule has 0 aromatic heterocycles. The maximum Gasteiger partial charge on any atom is 0.240 e. The first-order valence-electron chi connectivity index (χ1n) is 8.37. The van der Waals surface area contributed by atoms with Gasteiger partial charge < -0.3 is 4.74 Å². The van der Waals surface area contributed by atoms with E-state index in [-0.39, 0.29) is 10.9 Å². The first-order valence-corrected chi connectivity index (χ1v) is 9.85. The minimum Gasteiger partial charge on any atom is -0.379 e. The summed E-state index contributed by atoms with van der Waals surface area (Å²) in [6, 6.07) is 3.99. The number of morpholine rings is 1. The van der Waals surface area contributed by atoms with Crippen molar-refractivity contribution in [3.05, 3.63) is 29.6 Å². The van der Waals surface area contributed by atoms with Crippen molar-refractivity contribution in [2.45, 2.75) is 38.1 Å². The first-order chi connectivity index (χ1) is 11.3. The van der Waals surface area contributed by atoms with Gasteiger partial charge in [0.2, 0.25) is 10.0 Å². The lowest BCUT2D eigenvalue weighted by Gasteiger charge is -2.35. The predicted octanol–water partition coefficient (Wildman–Crippen LogP) is 2.16. The molecule has 5 nitrogen and oxygen atoms in total. The highest BCUT2D eigenvalue weighted by Gasteiger charge is 2.24. The van der Waals surface area contributed by atoms with Crippen molar-refractivity contribution >= 4 is 10.0 Å². The van der Waals surface area contributed by atoms with Gasteiger partial charge in [0.05, 0.1) is 18.1 Å². The second-order valence-corrected chi connectivity index (χ2v) is 8.46. The van der Waals surface area contributed by atoms with Crippen LogP contribution in [0.25, 0.3) is 0 Å². The van der Waals surface area contributed by atoms with Crippen LogP contribution in [-0.2, 0) is 14.8 Å². The largest absolute Gasteiger partial charge is 0.379 e. The Kier molecular flexibility index (Phi) is 6.74. The van der Waals surface area contributed by atoms with Crippen LogP contribution in [0, 0.1) is 18.7 Å². The van der Waals surface area contributed by atoms with E-state index in [9.17, 15) is 12.8 Å². The van der Waals surface area contributed by atoms with Crippen LogP contribution in [0.15, 0.2) is 23.1 Å². The molecule has 0 aliphatic carbocycles. The topological polar surface area (TPSA) is 58.6 Å². The highest BCUT2D eigenvalue weighted by atomic mass is 32.2. The zero-order valence-corrected chi connectivity index (χ0v) is 15.4. The number of aryl methyl sites for hydroxylation is 1. The summed E-state index contributed by atoms with van der Waals surface area (Å²) in [7, 11) is -3.64. The van der Waals surface area contributed by atoms with Gasteiger partial charge >= 0.3 is 0 Å². The Labute approximate surface area is 144 Å². The van der Waals surface area contributed by atoms with Crippen LogP contribution in [0.3, 0.4) is 0 Å². The average Bonchev–Trinajstić information content (AvgIpc) is 2.54. The summed E-state index contributed by atoms with van der Waals surface area (Å²) in [5, 5.41) is 0. The molecule has 1 aromatic rings. The summed E-state index contributed by atoms with van der Waals surface area (Å²) in [5.41, 5.74) is 0.324. The number of rotatable bonds is 7. The number of hydrogen-bond donors (Lipinski definition) is 1. The van der Waals surface area contributed by atoms with Crippen molar-refractivity contribution in [2.24, 2.45) is 5.92 Å². The maximum atomic E-state index is 13.4. The van der Waals surface area contributed by atoms with Crippen molar-refractivity contribution in [3.63, 3.8) is 0 Å². The standard InChI is InChI=1S/C17H27FN2O3S/c1-13(2)10-15(20-6-8-23-9-7-20)12-19-24(21,22)16-4-5-17(18)14(3)11-16/h4-5,11,13,15,19H,6-10,12H2,1-3H3. The molecule has 7 heteroatoms. The minimum absolute atomic E-state index is 0.103. The third-order valence-corrected chi connectivity index (χ3v) is 5.68. The summed E-state index contributed by atoms with van der Waals surface area (Å²) in [6.07, 6.45) is 0.908. The molecule has 24 heavy (non-hydrogen) atoms. The third kappa shape index (κ3) is 5.24. The van der Waals surface area contributed by atoms with Gasteiger partial charge in [-0.3, -0.25) is 4.90 Å². The quantitative estimate of drug-likeness (QED) is 0.811. The molecule has 1 unspecified atom stereocenters. The van der Waals surface area contributed by atoms with Crippen molar-refractivity contribution in [1.82, 2.24) is 9.62 Å². The lowest BCUT2D eigenvalue weighted by Crippen LogP contribution is -2.49. The van der Waals surface area contributed by atoms with Crippen LogP contribution in [0.5, 0.6) is 0 Å². The van der Waals surface area contributed by atoms with Gasteiger partial charge in [0.25, 0.3) is 0 Å². The number of hydrogen-bond acceptors (Lipinski definition) is 4. The van der Waals surface area contributed by atoms with Crippen LogP contribution in [0.2, 0.25) is 0 Å². The SMILES string of the molecule is Cc1cc(S(=O)(=O)NCC(CC(C)C)N2CCOCC2)ccc1F. The average molecular weight is 358 g/mol. The molecule has 1 N–H and O–H groups in total. The summed E-state index contributed by atoms with van der Waals surface area (Å²) < 4.78 is 46.4. The number of sulfonamides is 1. The third-order valence-electron chi connectivity index (χ3n) is 4.25. The lowest BCUT2D eigenvalue weighted by molar-refractivity contribution is 0.0134. The smallest absolute Gasteiger partial charge is 0.240 e. The molecule has 2 rings (SSSR count). The predicted molar refractivity (Wildman–Crippen MR) is 92.0 cm³/mol. The van der Waals surface area contributed by atoms with Crippen LogP contribution >= 0.6 is 0 Å². The van der Waals surface area contributed by atoms with Gasteiger partial charge in [0.15, 0.2) is 0 Å². The fourth-order valence-electron chi connectivity index (χ4n) is 2.92. The molecule has 136 valence electrons. The number of ether oxygens (including phenoxy) is 1. The summed E-state index contributed by atoms with van der Waals surface area (Å²) in [5.74, 6) is 0.0652. The molecule has 0 spiro atoms. The Morgan fingerprint density at radius 1 is 1.29 bits per heavy atom. The molecule has 1 aromatic carbocycles. The van der Waals surface area contributed by atoms with E-state index in [4.69, 9.17) is 4.74 Å². The normalized spacial score (nSPS) is 18.0. The van der Waals surface area contributed by atoms with Crippen molar-refractivity contribution in [1.29, 1.82) is 0 Å². The van der Waals surface area contributed by atoms with Crippen LogP contribution in [0.4, 0.5) is 4.39 Å². The van der Waals surface area contributed by atoms with E-state index in [1.807, 2.05) is 0 Å². The Morgan fingerprint density at radius 3 is 2.54 bits per heavy atom. The molecule has 1 fully saturated rings. The first kappa shape index (κ1) is 19.3. The van der Waals surface area contributed by atoms with E-state index in [0.29, 0.717) is 31.2 Å². The Morgan fingerprint density at radius 2 is 1.96 bits per heavy atom. The van der Waals surface area contributed by atoms with E-state index < -0.39 is 15.8 Å². The summed E-state index contributed by atoms with van der Waals surface area (Å²) >= 11 is 0. The van der Waals surface area contributed by atoms with Crippen molar-refractivity contribution in [3.8, 4) is 0 Å². The van der Waals surface area contributed by atoms with Gasteiger partial charge in [-0.05, 0) is 43.0 Å². The monoisotopic (exact) mass is 358 g/mol. The second kappa shape index (κ2) is 8.38. The second-order valence-electron chi connectivity index (χ2n) is 6.69. The number of benzene rings is 1. The zero-order valence-electron chi connectivity index (χ0n) is 14.6. The number of halogens is 1. The lowest BCUT2D eigenvalue weighted by atomic mass is 10.0. The molecule has 0 bridgehead atoms. The molecule has 0 radical (unpaired) electrons. The van der Waals surface area contributed by atoms with Gasteiger partial charge in [-0.15, -0.1) is 0 Å². The van der Waals surface area contributed by atoms with Gasteiger partial charge in [-0.25, -0.2) is 17.5 Å². The fourth-order valence-corrected chi connectivity index (χ4v) is 4.08. The van der Waals surface area contributed by atoms with Gasteiger partial charge in [-0.1, -0.05) is 13.8 Å². The van der Waals surface area contributed by atoms with Crippen LogP contribution < -0.4 is 4.72 Å². The molecule has 1 saturated heterocycles. The number of nitrogens with one attached hydrogen (secondary N) is 1. The molecule has 1 aliphatic rings. The van der Waals surface area contributed by atoms with Gasteiger partial charge in [-0.2, -0.15) is 0 Å².